The smallest absolute Gasteiger partial charge is 0.335 e. The highest BCUT2D eigenvalue weighted by molar-refractivity contribution is 8.05. The summed E-state index contributed by atoms with van der Waals surface area (Å²) in [5, 5.41) is 12.9. The third kappa shape index (κ3) is 2.86. The first-order valence-electron chi connectivity index (χ1n) is 4.88. The van der Waals surface area contributed by atoms with Crippen LogP contribution < -0.4 is 0 Å². The van der Waals surface area contributed by atoms with Gasteiger partial charge in [0, 0.05) is 11.1 Å². The first-order chi connectivity index (χ1) is 7.97. The summed E-state index contributed by atoms with van der Waals surface area (Å²) in [7, 11) is -3.48. The van der Waals surface area contributed by atoms with Crippen molar-refractivity contribution in [2.24, 2.45) is 0 Å². The number of hydrogen-bond donors (Lipinski definition) is 0. The Morgan fingerprint density at radius 2 is 2.41 bits per heavy atom. The zero-order valence-corrected chi connectivity index (χ0v) is 10.7. The molecule has 0 spiro atoms. The average molecular weight is 273 g/mol. The molecule has 0 N–H and O–H groups in total. The lowest BCUT2D eigenvalue weighted by molar-refractivity contribution is -0.736. The van der Waals surface area contributed by atoms with Crippen molar-refractivity contribution in [3.05, 3.63) is 33.7 Å². The number of rotatable bonds is 2. The van der Waals surface area contributed by atoms with Crippen molar-refractivity contribution in [1.82, 2.24) is 0 Å². The molecule has 0 aromatic carbocycles. The normalized spacial score (nSPS) is 21.1. The molecule has 5 nitrogen and oxygen atoms in total. The maximum absolute atomic E-state index is 11.2. The van der Waals surface area contributed by atoms with E-state index in [0.717, 1.165) is 11.1 Å². The van der Waals surface area contributed by atoms with Crippen LogP contribution in [0.15, 0.2) is 23.6 Å². The number of thiophene rings is 1. The molecule has 1 aromatic heterocycles. The molecule has 1 aromatic rings. The van der Waals surface area contributed by atoms with Gasteiger partial charge in [-0.25, -0.2) is 8.42 Å². The van der Waals surface area contributed by atoms with Gasteiger partial charge in [0.1, 0.15) is 0 Å². The second-order valence-electron chi connectivity index (χ2n) is 3.65. The Bertz CT molecular complexity index is 557. The minimum atomic E-state index is -3.48. The monoisotopic (exact) mass is 273 g/mol. The quantitative estimate of drug-likeness (QED) is 0.764. The van der Waals surface area contributed by atoms with E-state index in [0.29, 0.717) is 0 Å². The Hall–Kier alpha value is -1.34. The Labute approximate surface area is 103 Å². The van der Waals surface area contributed by atoms with Gasteiger partial charge in [-0.05, 0) is 17.5 Å². The lowest BCUT2D eigenvalue weighted by atomic mass is 10.2. The highest BCUT2D eigenvalue weighted by Crippen LogP contribution is 2.17. The van der Waals surface area contributed by atoms with E-state index in [4.69, 9.17) is 4.84 Å². The fraction of sp³-hybridized carbons (Fsp3) is 0.300. The van der Waals surface area contributed by atoms with Crippen molar-refractivity contribution in [3.8, 4) is 0 Å². The topological polar surface area (TPSA) is 69.4 Å². The standard InChI is InChI=1S/C10H11NO4S2/c1-17(13,14)10-7-8(15-11(10)12)4-5-9-3-2-6-16-9/h2-6,8H,7H2,1H3/b5-4+. The van der Waals surface area contributed by atoms with E-state index in [1.54, 1.807) is 17.4 Å². The summed E-state index contributed by atoms with van der Waals surface area (Å²) >= 11 is 1.55. The first-order valence-corrected chi connectivity index (χ1v) is 7.65. The second kappa shape index (κ2) is 4.50. The molecule has 7 heteroatoms. The van der Waals surface area contributed by atoms with E-state index in [1.807, 2.05) is 23.6 Å². The minimum absolute atomic E-state index is 0.0875. The van der Waals surface area contributed by atoms with Gasteiger partial charge in [-0.1, -0.05) is 12.1 Å². The molecular weight excluding hydrogens is 262 g/mol. The summed E-state index contributed by atoms with van der Waals surface area (Å²) in [5.41, 5.74) is 0. The summed E-state index contributed by atoms with van der Waals surface area (Å²) in [4.78, 5) is 6.00. The highest BCUT2D eigenvalue weighted by Gasteiger charge is 2.34. The van der Waals surface area contributed by atoms with Crippen LogP contribution in [-0.2, 0) is 14.7 Å². The zero-order chi connectivity index (χ0) is 12.5. The van der Waals surface area contributed by atoms with E-state index < -0.39 is 15.9 Å². The van der Waals surface area contributed by atoms with Gasteiger partial charge in [0.05, 0.1) is 17.4 Å². The molecule has 0 amide bonds. The van der Waals surface area contributed by atoms with Crippen LogP contribution in [0.3, 0.4) is 0 Å². The predicted molar refractivity (Wildman–Crippen MR) is 66.3 cm³/mol. The molecule has 0 radical (unpaired) electrons. The summed E-state index contributed by atoms with van der Waals surface area (Å²) < 4.78 is 22.5. The molecule has 0 fully saturated rings. The lowest BCUT2D eigenvalue weighted by Gasteiger charge is -2.03. The molecule has 1 atom stereocenters. The van der Waals surface area contributed by atoms with Gasteiger partial charge < -0.3 is 4.84 Å². The zero-order valence-electron chi connectivity index (χ0n) is 9.07. The van der Waals surface area contributed by atoms with E-state index in [2.05, 4.69) is 0 Å². The Morgan fingerprint density at radius 1 is 1.65 bits per heavy atom. The largest absolute Gasteiger partial charge is 0.394 e. The fourth-order valence-electron chi connectivity index (χ4n) is 1.44. The lowest BCUT2D eigenvalue weighted by Crippen LogP contribution is -2.17. The van der Waals surface area contributed by atoms with Crippen LogP contribution in [0.25, 0.3) is 6.08 Å². The third-order valence-electron chi connectivity index (χ3n) is 2.26. The minimum Gasteiger partial charge on any atom is -0.394 e. The van der Waals surface area contributed by atoms with Crippen molar-refractivity contribution in [3.63, 3.8) is 0 Å². The molecule has 92 valence electrons. The van der Waals surface area contributed by atoms with E-state index in [-0.39, 0.29) is 16.4 Å². The van der Waals surface area contributed by atoms with Gasteiger partial charge in [-0.2, -0.15) is 0 Å². The van der Waals surface area contributed by atoms with Crippen LogP contribution >= 0.6 is 11.3 Å². The molecule has 0 aliphatic carbocycles. The van der Waals surface area contributed by atoms with E-state index >= 15 is 0 Å². The average Bonchev–Trinajstić information content (AvgIpc) is 2.82. The van der Waals surface area contributed by atoms with Crippen LogP contribution in [0, 0.1) is 5.21 Å². The van der Waals surface area contributed by atoms with Crippen molar-refractivity contribution in [2.45, 2.75) is 12.5 Å². The van der Waals surface area contributed by atoms with E-state index in [1.165, 1.54) is 0 Å². The van der Waals surface area contributed by atoms with E-state index in [9.17, 15) is 13.6 Å². The number of sulfone groups is 1. The van der Waals surface area contributed by atoms with Crippen molar-refractivity contribution < 1.29 is 18.2 Å². The maximum atomic E-state index is 11.2. The van der Waals surface area contributed by atoms with Crippen LogP contribution in [0.4, 0.5) is 0 Å². The van der Waals surface area contributed by atoms with Gasteiger partial charge in [0.25, 0.3) is 0 Å². The molecule has 1 aliphatic rings. The highest BCUT2D eigenvalue weighted by atomic mass is 32.2. The van der Waals surface area contributed by atoms with Crippen LogP contribution in [0.2, 0.25) is 0 Å². The van der Waals surface area contributed by atoms with Crippen molar-refractivity contribution >= 4 is 32.3 Å². The predicted octanol–water partition coefficient (Wildman–Crippen LogP) is 1.42. The molecule has 1 unspecified atom stereocenters. The van der Waals surface area contributed by atoms with Crippen molar-refractivity contribution in [2.75, 3.05) is 6.26 Å². The number of hydrogen-bond acceptors (Lipinski definition) is 5. The summed E-state index contributed by atoms with van der Waals surface area (Å²) in [5.74, 6) is 0. The molecule has 0 saturated carbocycles. The molecule has 0 saturated heterocycles. The SMILES string of the molecule is CS(=O)(=O)C1=[N+]([O-])OC(/C=C/c2cccs2)C1. The van der Waals surface area contributed by atoms with Crippen LogP contribution in [0.5, 0.6) is 0 Å². The van der Waals surface area contributed by atoms with Gasteiger partial charge >= 0.3 is 5.04 Å². The summed E-state index contributed by atoms with van der Waals surface area (Å²) in [6.07, 6.45) is 4.08. The first kappa shape index (κ1) is 12.1. The number of nitrogens with zero attached hydrogens (tertiary/aromatic N) is 1. The molecule has 1 aliphatic heterocycles. The van der Waals surface area contributed by atoms with Gasteiger partial charge in [0.15, 0.2) is 0 Å². The second-order valence-corrected chi connectivity index (χ2v) is 6.64. The maximum Gasteiger partial charge on any atom is 0.335 e. The fourth-order valence-corrected chi connectivity index (χ4v) is 2.85. The molecule has 2 rings (SSSR count). The molecular formula is C10H11NO4S2. The van der Waals surface area contributed by atoms with Crippen molar-refractivity contribution in [1.29, 1.82) is 0 Å². The van der Waals surface area contributed by atoms with Crippen LogP contribution in [0.1, 0.15) is 11.3 Å². The summed E-state index contributed by atoms with van der Waals surface area (Å²) in [6.45, 7) is 0. The van der Waals surface area contributed by atoms with Gasteiger partial charge in [-0.3, -0.25) is 5.21 Å². The van der Waals surface area contributed by atoms with Gasteiger partial charge in [-0.15, -0.1) is 11.3 Å². The van der Waals surface area contributed by atoms with Crippen LogP contribution in [-0.4, -0.2) is 30.7 Å². The molecule has 17 heavy (non-hydrogen) atoms. The summed E-state index contributed by atoms with van der Waals surface area (Å²) in [6, 6.07) is 3.83. The Balaban J connectivity index is 2.06. The Morgan fingerprint density at radius 3 is 2.94 bits per heavy atom. The Kier molecular flexibility index (Phi) is 3.21. The molecule has 2 heterocycles. The third-order valence-corrected chi connectivity index (χ3v) is 4.27. The molecule has 0 bridgehead atoms. The van der Waals surface area contributed by atoms with Gasteiger partial charge in [0.2, 0.25) is 9.84 Å².